The Balaban J connectivity index is 0.00000186. The van der Waals surface area contributed by atoms with Gasteiger partial charge in [-0.05, 0) is 0 Å². The number of aryl methyl sites for hydroxylation is 3. The zero-order chi connectivity index (χ0) is 30.8. The number of fused-ring (bicyclic) bond motifs is 3. The summed E-state index contributed by atoms with van der Waals surface area (Å²) in [7, 11) is 0. The van der Waals surface area contributed by atoms with Crippen molar-refractivity contribution in [2.75, 3.05) is 0 Å². The first-order valence-corrected chi connectivity index (χ1v) is 24.9. The summed E-state index contributed by atoms with van der Waals surface area (Å²) in [4.78, 5) is 0. The summed E-state index contributed by atoms with van der Waals surface area (Å²) in [5.41, 5.74) is 13.8. The zero-order valence-corrected chi connectivity index (χ0v) is 33.2. The van der Waals surface area contributed by atoms with Crippen molar-refractivity contribution < 1.29 is 18.3 Å². The normalized spacial score (nSPS) is 29.0. The van der Waals surface area contributed by atoms with Crippen molar-refractivity contribution in [1.82, 2.24) is 0 Å². The summed E-state index contributed by atoms with van der Waals surface area (Å²) >= 11 is -4.42. The molecule has 0 radical (unpaired) electrons. The van der Waals surface area contributed by atoms with E-state index in [-0.39, 0.29) is 24.8 Å². The first-order valence-electron chi connectivity index (χ1n) is 17.7. The van der Waals surface area contributed by atoms with E-state index in [1.54, 1.807) is 21.0 Å². The molecule has 3 heteroatoms. The van der Waals surface area contributed by atoms with Crippen LogP contribution in [0.1, 0.15) is 86.3 Å². The first kappa shape index (κ1) is 34.3. The Bertz CT molecular complexity index is 1830. The average molecular weight is 733 g/mol. The van der Waals surface area contributed by atoms with Gasteiger partial charge in [0.2, 0.25) is 0 Å². The van der Waals surface area contributed by atoms with Crippen LogP contribution in [0.5, 0.6) is 0 Å². The minimum atomic E-state index is -4.42. The van der Waals surface area contributed by atoms with E-state index in [4.69, 9.17) is 4.21 Å². The second-order valence-corrected chi connectivity index (χ2v) is 30.6. The molecule has 0 heterocycles. The van der Waals surface area contributed by atoms with Crippen molar-refractivity contribution in [2.24, 2.45) is 35.0 Å². The second-order valence-electron chi connectivity index (χ2n) is 16.5. The Morgan fingerprint density at radius 2 is 1.39 bits per heavy atom. The van der Waals surface area contributed by atoms with Gasteiger partial charge in [0, 0.05) is 0 Å². The fraction of sp³-hybridized carbons (Fsp3) is 0.465. The van der Waals surface area contributed by atoms with Gasteiger partial charge in [-0.2, -0.15) is 0 Å². The Morgan fingerprint density at radius 3 is 2.00 bits per heavy atom. The molecule has 1 atom stereocenters. The molecule has 4 saturated carbocycles. The van der Waals surface area contributed by atoms with Crippen LogP contribution in [0.3, 0.4) is 0 Å². The van der Waals surface area contributed by atoms with Crippen LogP contribution in [-0.4, -0.2) is 4.21 Å². The van der Waals surface area contributed by atoms with Crippen molar-refractivity contribution in [2.45, 2.75) is 91.1 Å². The van der Waals surface area contributed by atoms with E-state index in [0.717, 1.165) is 34.2 Å². The van der Waals surface area contributed by atoms with Gasteiger partial charge in [-0.3, -0.25) is 0 Å². The van der Waals surface area contributed by atoms with E-state index in [2.05, 4.69) is 109 Å². The van der Waals surface area contributed by atoms with Crippen LogP contribution in [0.15, 0.2) is 69.5 Å². The molecule has 0 aromatic heterocycles. The minimum absolute atomic E-state index is 0. The van der Waals surface area contributed by atoms with Gasteiger partial charge in [0.25, 0.3) is 0 Å². The number of hydrogen-bond donors (Lipinski definition) is 0. The van der Waals surface area contributed by atoms with Gasteiger partial charge in [0.1, 0.15) is 0 Å². The zero-order valence-electron chi connectivity index (χ0n) is 29.1. The molecule has 46 heavy (non-hydrogen) atoms. The quantitative estimate of drug-likeness (QED) is 0.192. The van der Waals surface area contributed by atoms with Gasteiger partial charge in [-0.25, -0.2) is 0 Å². The summed E-state index contributed by atoms with van der Waals surface area (Å²) in [5.74, 6) is 4.16. The van der Waals surface area contributed by atoms with Crippen molar-refractivity contribution in [3.05, 3.63) is 103 Å². The Labute approximate surface area is 292 Å². The Kier molecular flexibility index (Phi) is 8.61. The van der Waals surface area contributed by atoms with Crippen molar-refractivity contribution in [1.29, 1.82) is 0 Å². The van der Waals surface area contributed by atoms with E-state index in [9.17, 15) is 0 Å². The topological polar surface area (TPSA) is 0 Å². The number of allylic oxidation sites excluding steroid dienone is 4. The maximum atomic E-state index is 5.77. The van der Waals surface area contributed by atoms with Crippen LogP contribution in [0.4, 0.5) is 0 Å². The van der Waals surface area contributed by atoms with Crippen LogP contribution >= 0.6 is 24.8 Å². The van der Waals surface area contributed by atoms with Crippen molar-refractivity contribution in [3.63, 3.8) is 0 Å². The molecule has 0 amide bonds. The van der Waals surface area contributed by atoms with E-state index in [0.29, 0.717) is 11.3 Å². The fourth-order valence-corrected chi connectivity index (χ4v) is 28.7. The van der Waals surface area contributed by atoms with E-state index in [1.165, 1.54) is 71.0 Å². The van der Waals surface area contributed by atoms with E-state index >= 15 is 0 Å². The molecule has 3 aromatic carbocycles. The van der Waals surface area contributed by atoms with Crippen LogP contribution in [0.2, 0.25) is 4.13 Å². The maximum absolute atomic E-state index is 5.77. The second kappa shape index (κ2) is 11.5. The molecular weight excluding hydrogens is 679 g/mol. The molecule has 0 nitrogen and oxygen atoms in total. The third kappa shape index (κ3) is 4.43. The third-order valence-corrected chi connectivity index (χ3v) is 32.2. The summed E-state index contributed by atoms with van der Waals surface area (Å²) in [6.07, 6.45) is 14.0. The van der Waals surface area contributed by atoms with Crippen LogP contribution in [0.25, 0.3) is 11.1 Å². The van der Waals surface area contributed by atoms with Gasteiger partial charge in [-0.15, -0.1) is 24.8 Å². The predicted octanol–water partition coefficient (Wildman–Crippen LogP) is 10.8. The Hall–Kier alpha value is -1.53. The molecule has 0 N–H and O–H groups in total. The molecule has 1 unspecified atom stereocenters. The average Bonchev–Trinajstić information content (AvgIpc) is 3.57. The van der Waals surface area contributed by atoms with Gasteiger partial charge < -0.3 is 0 Å². The molecule has 3 aromatic rings. The third-order valence-electron chi connectivity index (χ3n) is 14.6. The number of hydrogen-bond acceptors (Lipinski definition) is 0. The monoisotopic (exact) mass is 730 g/mol. The van der Waals surface area contributed by atoms with Crippen molar-refractivity contribution >= 4 is 35.6 Å². The van der Waals surface area contributed by atoms with E-state index < -0.39 is 18.3 Å². The molecule has 4 bridgehead atoms. The molecule has 4 fully saturated rings. The van der Waals surface area contributed by atoms with Gasteiger partial charge in [0.15, 0.2) is 0 Å². The van der Waals surface area contributed by atoms with Crippen molar-refractivity contribution in [3.8, 4) is 11.1 Å². The molecule has 244 valence electrons. The number of rotatable bonds is 5. The van der Waals surface area contributed by atoms with E-state index in [1.807, 2.05) is 0 Å². The van der Waals surface area contributed by atoms with Crippen LogP contribution < -0.4 is 6.54 Å². The number of benzene rings is 3. The fourth-order valence-electron chi connectivity index (χ4n) is 12.0. The molecule has 0 aliphatic heterocycles. The summed E-state index contributed by atoms with van der Waals surface area (Å²) in [5, 5.41) is 0. The molecule has 6 aliphatic rings. The molecular formula is C43H54Cl2Zr. The van der Waals surface area contributed by atoms with Crippen LogP contribution in [-0.2, 0) is 24.7 Å². The summed E-state index contributed by atoms with van der Waals surface area (Å²) < 4.78 is 11.9. The molecule has 9 rings (SSSR count). The van der Waals surface area contributed by atoms with Gasteiger partial charge in [-0.1, -0.05) is 0 Å². The number of halogens is 2. The molecule has 6 aliphatic carbocycles. The first-order chi connectivity index (χ1) is 21.0. The van der Waals surface area contributed by atoms with Gasteiger partial charge >= 0.3 is 269 Å². The summed E-state index contributed by atoms with van der Waals surface area (Å²) in [6, 6.07) is 19.2. The predicted molar refractivity (Wildman–Crippen MR) is 202 cm³/mol. The molecule has 0 spiro atoms. The Morgan fingerprint density at radius 1 is 0.804 bits per heavy atom. The summed E-state index contributed by atoms with van der Waals surface area (Å²) in [6.45, 7) is 17.1. The molecule has 0 saturated heterocycles. The van der Waals surface area contributed by atoms with Crippen LogP contribution in [0, 0.1) is 62.7 Å². The SMILES string of the molecule is Cl.Cl.[CH2]=[Zr]([CH2]C)([C]1=CC(C2(C)C3CC4CC(C3)CC2C4)=CC1C)([c]1ccccc1)[c]1c(C)c(C)cc2c1Cc1cc(C)c(C)cc1-2. The standard InChI is InChI=1S/C17H23.C17H17.C6H5.C2H5.CH2.2ClH.Zr/c1-11-3-4-14(5-11)17(2)15-7-12-6-13(9-15)10-16(17)8-12;1-10-5-14-9-15-6-11(2)13(4)8-17(15)16(14)7-12(10)3;1-2-4-6-5-3-1;1-2;;;;/h4-5,11-13,15-16H,6-10H2,1-2H3;5,7-8H,9H2,1-4H3;1-5H;1H2,2H3;1H2;2*1H;. The van der Waals surface area contributed by atoms with Gasteiger partial charge in [0.05, 0.1) is 0 Å².